The molecule has 1 aliphatic rings. The maximum atomic E-state index is 11.4. The van der Waals surface area contributed by atoms with Crippen LogP contribution in [-0.4, -0.2) is 33.4 Å². The van der Waals surface area contributed by atoms with Gasteiger partial charge < -0.3 is 5.11 Å². The molecule has 1 aromatic heterocycles. The molecular formula is C8H11N3O2. The number of nitrogens with zero attached hydrogens (tertiary/aromatic N) is 3. The SMILES string of the molecule is C[C@@H](O)C(=O)N1CCn2nccc21. The van der Waals surface area contributed by atoms with Crippen LogP contribution in [-0.2, 0) is 11.3 Å². The highest BCUT2D eigenvalue weighted by Gasteiger charge is 2.27. The summed E-state index contributed by atoms with van der Waals surface area (Å²) >= 11 is 0. The van der Waals surface area contributed by atoms with Crippen LogP contribution >= 0.6 is 0 Å². The highest BCUT2D eigenvalue weighted by Crippen LogP contribution is 2.20. The molecule has 5 heteroatoms. The standard InChI is InChI=1S/C8H11N3O2/c1-6(12)8(13)10-4-5-11-7(10)2-3-9-11/h2-3,6,12H,4-5H2,1H3/t6-/m1/s1. The first kappa shape index (κ1) is 8.25. The molecule has 5 nitrogen and oxygen atoms in total. The molecule has 1 aromatic rings. The van der Waals surface area contributed by atoms with E-state index in [4.69, 9.17) is 5.11 Å². The van der Waals surface area contributed by atoms with Gasteiger partial charge in [-0.15, -0.1) is 0 Å². The molecule has 70 valence electrons. The van der Waals surface area contributed by atoms with Crippen LogP contribution in [0.4, 0.5) is 5.82 Å². The molecule has 1 amide bonds. The molecule has 2 heterocycles. The van der Waals surface area contributed by atoms with Crippen LogP contribution in [0.25, 0.3) is 0 Å². The van der Waals surface area contributed by atoms with Crippen molar-refractivity contribution in [2.24, 2.45) is 0 Å². The van der Waals surface area contributed by atoms with Gasteiger partial charge in [0.15, 0.2) is 0 Å². The Kier molecular flexibility index (Phi) is 1.81. The molecular weight excluding hydrogens is 170 g/mol. The highest BCUT2D eigenvalue weighted by molar-refractivity contribution is 5.95. The number of aromatic nitrogens is 2. The summed E-state index contributed by atoms with van der Waals surface area (Å²) in [5.74, 6) is 0.505. The molecule has 0 radical (unpaired) electrons. The lowest BCUT2D eigenvalue weighted by molar-refractivity contribution is -0.125. The first-order chi connectivity index (χ1) is 6.20. The fourth-order valence-electron chi connectivity index (χ4n) is 1.49. The van der Waals surface area contributed by atoms with Gasteiger partial charge in [-0.05, 0) is 6.92 Å². The van der Waals surface area contributed by atoms with Gasteiger partial charge in [0.2, 0.25) is 0 Å². The van der Waals surface area contributed by atoms with Gasteiger partial charge >= 0.3 is 0 Å². The number of carbonyl (C=O) groups is 1. The molecule has 2 rings (SSSR count). The van der Waals surface area contributed by atoms with Crippen LogP contribution in [0.1, 0.15) is 6.92 Å². The summed E-state index contributed by atoms with van der Waals surface area (Å²) in [5, 5.41) is 13.2. The summed E-state index contributed by atoms with van der Waals surface area (Å²) in [5.41, 5.74) is 0. The largest absolute Gasteiger partial charge is 0.384 e. The molecule has 13 heavy (non-hydrogen) atoms. The van der Waals surface area contributed by atoms with Gasteiger partial charge in [-0.2, -0.15) is 5.10 Å². The van der Waals surface area contributed by atoms with Crippen molar-refractivity contribution in [3.8, 4) is 0 Å². The summed E-state index contributed by atoms with van der Waals surface area (Å²) < 4.78 is 1.75. The second-order valence-corrected chi connectivity index (χ2v) is 3.08. The molecule has 1 aliphatic heterocycles. The third kappa shape index (κ3) is 1.21. The number of anilines is 1. The van der Waals surface area contributed by atoms with Crippen molar-refractivity contribution in [3.05, 3.63) is 12.3 Å². The minimum absolute atomic E-state index is 0.265. The number of aliphatic hydroxyl groups is 1. The van der Waals surface area contributed by atoms with Gasteiger partial charge in [-0.3, -0.25) is 9.69 Å². The average Bonchev–Trinajstić information content (AvgIpc) is 2.61. The Morgan fingerprint density at radius 2 is 2.46 bits per heavy atom. The van der Waals surface area contributed by atoms with Crippen LogP contribution in [0.3, 0.4) is 0 Å². The van der Waals surface area contributed by atoms with E-state index in [0.717, 1.165) is 5.82 Å². The van der Waals surface area contributed by atoms with Gasteiger partial charge in [0.1, 0.15) is 11.9 Å². The fourth-order valence-corrected chi connectivity index (χ4v) is 1.49. The maximum absolute atomic E-state index is 11.4. The summed E-state index contributed by atoms with van der Waals surface area (Å²) in [4.78, 5) is 13.0. The Bertz CT molecular complexity index is 332. The zero-order valence-electron chi connectivity index (χ0n) is 7.34. The summed E-state index contributed by atoms with van der Waals surface area (Å²) in [7, 11) is 0. The van der Waals surface area contributed by atoms with Gasteiger partial charge in [0.25, 0.3) is 5.91 Å². The second kappa shape index (κ2) is 2.85. The van der Waals surface area contributed by atoms with Crippen molar-refractivity contribution in [3.63, 3.8) is 0 Å². The summed E-state index contributed by atoms with van der Waals surface area (Å²) in [6.45, 7) is 2.79. The predicted octanol–water partition coefficient (Wildman–Crippen LogP) is -0.390. The number of carbonyl (C=O) groups excluding carboxylic acids is 1. The number of rotatable bonds is 1. The topological polar surface area (TPSA) is 58.4 Å². The third-order valence-corrected chi connectivity index (χ3v) is 2.13. The summed E-state index contributed by atoms with van der Waals surface area (Å²) in [6, 6.07) is 1.77. The molecule has 1 N–H and O–H groups in total. The Balaban J connectivity index is 2.25. The van der Waals surface area contributed by atoms with E-state index in [2.05, 4.69) is 5.10 Å². The Morgan fingerprint density at radius 1 is 1.69 bits per heavy atom. The molecule has 0 bridgehead atoms. The van der Waals surface area contributed by atoms with E-state index in [-0.39, 0.29) is 5.91 Å². The van der Waals surface area contributed by atoms with Crippen molar-refractivity contribution in [1.29, 1.82) is 0 Å². The highest BCUT2D eigenvalue weighted by atomic mass is 16.3. The van der Waals surface area contributed by atoms with E-state index in [1.165, 1.54) is 6.92 Å². The lowest BCUT2D eigenvalue weighted by Crippen LogP contribution is -2.36. The molecule has 0 aromatic carbocycles. The third-order valence-electron chi connectivity index (χ3n) is 2.13. The molecule has 1 atom stereocenters. The van der Waals surface area contributed by atoms with Gasteiger partial charge in [-0.25, -0.2) is 4.68 Å². The van der Waals surface area contributed by atoms with Crippen molar-refractivity contribution < 1.29 is 9.90 Å². The van der Waals surface area contributed by atoms with E-state index in [0.29, 0.717) is 13.1 Å². The fraction of sp³-hybridized carbons (Fsp3) is 0.500. The van der Waals surface area contributed by atoms with E-state index < -0.39 is 6.10 Å². The normalized spacial score (nSPS) is 17.2. The maximum Gasteiger partial charge on any atom is 0.256 e. The number of fused-ring (bicyclic) bond motifs is 1. The number of amides is 1. The summed E-state index contributed by atoms with van der Waals surface area (Å²) in [6.07, 6.45) is 0.707. The van der Waals surface area contributed by atoms with Crippen LogP contribution in [0.15, 0.2) is 12.3 Å². The molecule has 0 saturated carbocycles. The minimum Gasteiger partial charge on any atom is -0.384 e. The molecule has 0 unspecified atom stereocenters. The van der Waals surface area contributed by atoms with Gasteiger partial charge in [0, 0.05) is 12.6 Å². The first-order valence-electron chi connectivity index (χ1n) is 4.21. The second-order valence-electron chi connectivity index (χ2n) is 3.08. The van der Waals surface area contributed by atoms with Crippen molar-refractivity contribution >= 4 is 11.7 Å². The van der Waals surface area contributed by atoms with Crippen LogP contribution in [0.5, 0.6) is 0 Å². The number of aliphatic hydroxyl groups excluding tert-OH is 1. The molecule has 0 aliphatic carbocycles. The minimum atomic E-state index is -0.943. The Morgan fingerprint density at radius 3 is 3.15 bits per heavy atom. The monoisotopic (exact) mass is 181 g/mol. The predicted molar refractivity (Wildman–Crippen MR) is 46.3 cm³/mol. The van der Waals surface area contributed by atoms with Crippen molar-refractivity contribution in [1.82, 2.24) is 9.78 Å². The van der Waals surface area contributed by atoms with E-state index >= 15 is 0 Å². The quantitative estimate of drug-likeness (QED) is 0.642. The van der Waals surface area contributed by atoms with Crippen molar-refractivity contribution in [2.75, 3.05) is 11.4 Å². The lowest BCUT2D eigenvalue weighted by atomic mass is 10.3. The number of hydrogen-bond donors (Lipinski definition) is 1. The van der Waals surface area contributed by atoms with E-state index in [1.54, 1.807) is 21.8 Å². The first-order valence-corrected chi connectivity index (χ1v) is 4.21. The van der Waals surface area contributed by atoms with E-state index in [1.807, 2.05) is 0 Å². The zero-order valence-corrected chi connectivity index (χ0v) is 7.34. The smallest absolute Gasteiger partial charge is 0.256 e. The average molecular weight is 181 g/mol. The molecule has 0 fully saturated rings. The lowest BCUT2D eigenvalue weighted by Gasteiger charge is -2.15. The molecule has 0 saturated heterocycles. The zero-order chi connectivity index (χ0) is 9.42. The van der Waals surface area contributed by atoms with Crippen LogP contribution < -0.4 is 4.90 Å². The van der Waals surface area contributed by atoms with Gasteiger partial charge in [-0.1, -0.05) is 0 Å². The Labute approximate surface area is 75.6 Å². The number of hydrogen-bond acceptors (Lipinski definition) is 3. The Hall–Kier alpha value is -1.36. The van der Waals surface area contributed by atoms with Crippen LogP contribution in [0.2, 0.25) is 0 Å². The van der Waals surface area contributed by atoms with Gasteiger partial charge in [0.05, 0.1) is 12.7 Å². The van der Waals surface area contributed by atoms with Crippen molar-refractivity contribution in [2.45, 2.75) is 19.6 Å². The molecule has 0 spiro atoms. The van der Waals surface area contributed by atoms with Crippen LogP contribution in [0, 0.1) is 0 Å². The van der Waals surface area contributed by atoms with E-state index in [9.17, 15) is 4.79 Å².